The van der Waals surface area contributed by atoms with Gasteiger partial charge in [-0.25, -0.2) is 0 Å². The minimum absolute atomic E-state index is 0.239. The van der Waals surface area contributed by atoms with Gasteiger partial charge in [0.25, 0.3) is 0 Å². The first-order valence-corrected chi connectivity index (χ1v) is 5.92. The summed E-state index contributed by atoms with van der Waals surface area (Å²) in [7, 11) is 0. The van der Waals surface area contributed by atoms with Gasteiger partial charge in [0.15, 0.2) is 0 Å². The molecule has 88 valence electrons. The molecule has 1 aliphatic rings. The first kappa shape index (κ1) is 11.6. The van der Waals surface area contributed by atoms with E-state index in [1.807, 2.05) is 6.07 Å². The molecule has 2 rings (SSSR count). The summed E-state index contributed by atoms with van der Waals surface area (Å²) in [6.45, 7) is 2.89. The number of rotatable bonds is 4. The molecule has 3 nitrogen and oxygen atoms in total. The molecule has 0 saturated carbocycles. The molecule has 16 heavy (non-hydrogen) atoms. The molecular weight excluding hydrogens is 200 g/mol. The molecule has 1 saturated heterocycles. The van der Waals surface area contributed by atoms with E-state index in [1.54, 1.807) is 0 Å². The van der Waals surface area contributed by atoms with Crippen molar-refractivity contribution < 1.29 is 5.11 Å². The second kappa shape index (κ2) is 5.43. The van der Waals surface area contributed by atoms with Crippen LogP contribution < -0.4 is 5.73 Å². The molecule has 0 aliphatic carbocycles. The van der Waals surface area contributed by atoms with Crippen LogP contribution in [0.2, 0.25) is 0 Å². The minimum atomic E-state index is 0.239. The summed E-state index contributed by atoms with van der Waals surface area (Å²) in [4.78, 5) is 2.34. The highest BCUT2D eigenvalue weighted by atomic mass is 16.3. The fourth-order valence-corrected chi connectivity index (χ4v) is 2.46. The summed E-state index contributed by atoms with van der Waals surface area (Å²) in [6, 6.07) is 10.7. The number of aliphatic hydroxyl groups excluding tert-OH is 1. The average Bonchev–Trinajstić information content (AvgIpc) is 2.73. The van der Waals surface area contributed by atoms with Crippen LogP contribution in [0.3, 0.4) is 0 Å². The van der Waals surface area contributed by atoms with Gasteiger partial charge in [0.2, 0.25) is 0 Å². The molecule has 2 atom stereocenters. The molecule has 1 fully saturated rings. The van der Waals surface area contributed by atoms with E-state index in [-0.39, 0.29) is 12.6 Å². The number of benzene rings is 1. The predicted octanol–water partition coefficient (Wildman–Crippen LogP) is 0.828. The number of aliphatic hydroxyl groups is 1. The summed E-state index contributed by atoms with van der Waals surface area (Å²) >= 11 is 0. The summed E-state index contributed by atoms with van der Waals surface area (Å²) in [5.74, 6) is 0.542. The number of likely N-dealkylation sites (tertiary alicyclic amines) is 1. The molecule has 0 bridgehead atoms. The fraction of sp³-hybridized carbons (Fsp3) is 0.538. The van der Waals surface area contributed by atoms with Gasteiger partial charge < -0.3 is 10.8 Å². The van der Waals surface area contributed by atoms with E-state index in [4.69, 9.17) is 5.73 Å². The lowest BCUT2D eigenvalue weighted by molar-refractivity contribution is 0.153. The minimum Gasteiger partial charge on any atom is -0.395 e. The highest BCUT2D eigenvalue weighted by Gasteiger charge is 2.30. The standard InChI is InChI=1S/C13H20N2O/c14-7-12-6-13(10-16)15(9-12)8-11-4-2-1-3-5-11/h1-5,12-13,16H,6-10,14H2/t12?,13-/m0/s1. The van der Waals surface area contributed by atoms with E-state index < -0.39 is 0 Å². The number of nitrogens with zero attached hydrogens (tertiary/aromatic N) is 1. The number of hydrogen-bond donors (Lipinski definition) is 2. The fourth-order valence-electron chi connectivity index (χ4n) is 2.46. The maximum absolute atomic E-state index is 9.35. The zero-order valence-corrected chi connectivity index (χ0v) is 9.55. The van der Waals surface area contributed by atoms with E-state index >= 15 is 0 Å². The smallest absolute Gasteiger partial charge is 0.0587 e. The Hall–Kier alpha value is -0.900. The summed E-state index contributed by atoms with van der Waals surface area (Å²) in [6.07, 6.45) is 1.03. The Bertz CT molecular complexity index is 315. The second-order valence-corrected chi connectivity index (χ2v) is 4.59. The Morgan fingerprint density at radius 2 is 2.06 bits per heavy atom. The molecule has 1 heterocycles. The summed E-state index contributed by atoms with van der Waals surface area (Å²) in [5.41, 5.74) is 7.00. The molecule has 3 heteroatoms. The third-order valence-corrected chi connectivity index (χ3v) is 3.39. The second-order valence-electron chi connectivity index (χ2n) is 4.59. The van der Waals surface area contributed by atoms with Crippen LogP contribution >= 0.6 is 0 Å². The number of hydrogen-bond acceptors (Lipinski definition) is 3. The zero-order valence-electron chi connectivity index (χ0n) is 9.55. The predicted molar refractivity (Wildman–Crippen MR) is 64.9 cm³/mol. The third-order valence-electron chi connectivity index (χ3n) is 3.39. The van der Waals surface area contributed by atoms with E-state index in [0.29, 0.717) is 5.92 Å². The van der Waals surface area contributed by atoms with Gasteiger partial charge in [-0.15, -0.1) is 0 Å². The van der Waals surface area contributed by atoms with Crippen molar-refractivity contribution in [2.45, 2.75) is 19.0 Å². The van der Waals surface area contributed by atoms with Gasteiger partial charge >= 0.3 is 0 Å². The van der Waals surface area contributed by atoms with E-state index in [0.717, 1.165) is 26.1 Å². The highest BCUT2D eigenvalue weighted by molar-refractivity contribution is 5.15. The first-order valence-electron chi connectivity index (χ1n) is 5.92. The first-order chi connectivity index (χ1) is 7.83. The lowest BCUT2D eigenvalue weighted by atomic mass is 10.1. The van der Waals surface area contributed by atoms with Crippen LogP contribution in [0.5, 0.6) is 0 Å². The molecule has 0 spiro atoms. The van der Waals surface area contributed by atoms with Crippen LogP contribution in [0.25, 0.3) is 0 Å². The molecule has 0 aromatic heterocycles. The van der Waals surface area contributed by atoms with Gasteiger partial charge in [-0.1, -0.05) is 30.3 Å². The van der Waals surface area contributed by atoms with Crippen LogP contribution in [0.1, 0.15) is 12.0 Å². The van der Waals surface area contributed by atoms with Crippen molar-refractivity contribution in [1.29, 1.82) is 0 Å². The number of nitrogens with two attached hydrogens (primary N) is 1. The van der Waals surface area contributed by atoms with Gasteiger partial charge in [-0.3, -0.25) is 4.90 Å². The molecular formula is C13H20N2O. The van der Waals surface area contributed by atoms with E-state index in [9.17, 15) is 5.11 Å². The molecule has 1 unspecified atom stereocenters. The monoisotopic (exact) mass is 220 g/mol. The maximum Gasteiger partial charge on any atom is 0.0587 e. The molecule has 1 aromatic carbocycles. The van der Waals surface area contributed by atoms with Crippen molar-refractivity contribution in [1.82, 2.24) is 4.90 Å². The van der Waals surface area contributed by atoms with Gasteiger partial charge in [0, 0.05) is 19.1 Å². The van der Waals surface area contributed by atoms with Gasteiger partial charge in [-0.2, -0.15) is 0 Å². The molecule has 0 radical (unpaired) electrons. The van der Waals surface area contributed by atoms with Crippen molar-refractivity contribution >= 4 is 0 Å². The van der Waals surface area contributed by atoms with Gasteiger partial charge in [0.05, 0.1) is 6.61 Å². The van der Waals surface area contributed by atoms with Crippen LogP contribution in [0.15, 0.2) is 30.3 Å². The van der Waals surface area contributed by atoms with Crippen LogP contribution in [-0.2, 0) is 6.54 Å². The Balaban J connectivity index is 1.98. The lowest BCUT2D eigenvalue weighted by Crippen LogP contribution is -2.31. The van der Waals surface area contributed by atoms with Crippen LogP contribution in [0, 0.1) is 5.92 Å². The molecule has 0 amide bonds. The van der Waals surface area contributed by atoms with Gasteiger partial charge in [0.1, 0.15) is 0 Å². The Morgan fingerprint density at radius 1 is 1.31 bits per heavy atom. The third kappa shape index (κ3) is 2.61. The van der Waals surface area contributed by atoms with Crippen molar-refractivity contribution in [3.8, 4) is 0 Å². The largest absolute Gasteiger partial charge is 0.395 e. The van der Waals surface area contributed by atoms with E-state index in [1.165, 1.54) is 5.56 Å². The lowest BCUT2D eigenvalue weighted by Gasteiger charge is -2.22. The van der Waals surface area contributed by atoms with Crippen molar-refractivity contribution in [3.05, 3.63) is 35.9 Å². The van der Waals surface area contributed by atoms with Crippen molar-refractivity contribution in [2.75, 3.05) is 19.7 Å². The molecule has 3 N–H and O–H groups in total. The van der Waals surface area contributed by atoms with Crippen LogP contribution in [0.4, 0.5) is 0 Å². The van der Waals surface area contributed by atoms with Crippen molar-refractivity contribution in [3.63, 3.8) is 0 Å². The summed E-state index contributed by atoms with van der Waals surface area (Å²) < 4.78 is 0. The topological polar surface area (TPSA) is 49.5 Å². The quantitative estimate of drug-likeness (QED) is 0.790. The maximum atomic E-state index is 9.35. The molecule has 1 aromatic rings. The normalized spacial score (nSPS) is 26.1. The average molecular weight is 220 g/mol. The van der Waals surface area contributed by atoms with E-state index in [2.05, 4.69) is 29.2 Å². The summed E-state index contributed by atoms with van der Waals surface area (Å²) in [5, 5.41) is 9.35. The zero-order chi connectivity index (χ0) is 11.4. The Labute approximate surface area is 96.9 Å². The Morgan fingerprint density at radius 3 is 2.69 bits per heavy atom. The SMILES string of the molecule is NCC1C[C@@H](CO)N(Cc2ccccc2)C1. The highest BCUT2D eigenvalue weighted by Crippen LogP contribution is 2.24. The van der Waals surface area contributed by atoms with Crippen LogP contribution in [-0.4, -0.2) is 35.7 Å². The molecule has 1 aliphatic heterocycles. The van der Waals surface area contributed by atoms with Crippen molar-refractivity contribution in [2.24, 2.45) is 11.7 Å². The van der Waals surface area contributed by atoms with Gasteiger partial charge in [-0.05, 0) is 24.4 Å². The Kier molecular flexibility index (Phi) is 3.93.